The number of aromatic carboxylic acids is 1. The number of carboxylic acids is 1. The van der Waals surface area contributed by atoms with E-state index in [1.165, 1.54) is 0 Å². The van der Waals surface area contributed by atoms with Gasteiger partial charge in [-0.15, -0.1) is 0 Å². The molecule has 0 saturated carbocycles. The number of aromatic nitrogens is 1. The minimum absolute atomic E-state index is 0.168. The summed E-state index contributed by atoms with van der Waals surface area (Å²) in [4.78, 5) is 16.0. The third-order valence-electron chi connectivity index (χ3n) is 3.32. The Bertz CT molecular complexity index is 841. The molecule has 3 aromatic rings. The smallest absolute Gasteiger partial charge is 0.0722 e. The average Bonchev–Trinajstić information content (AvgIpc) is 2.46. The molecule has 0 atom stereocenters. The fourth-order valence-corrected chi connectivity index (χ4v) is 2.54. The maximum Gasteiger partial charge on any atom is 0.0722 e. The standard InChI is InChI=1S/C17H12BrNO2/c1-10-2-7-15-13(8-10)14(17(20)21)9-16(19-15)11-3-5-12(18)6-4-11/h2-9H,1H3,(H,20,21)/p-1. The highest BCUT2D eigenvalue weighted by molar-refractivity contribution is 9.10. The summed E-state index contributed by atoms with van der Waals surface area (Å²) in [6.45, 7) is 1.92. The molecule has 0 aliphatic carbocycles. The molecular weight excluding hydrogens is 330 g/mol. The van der Waals surface area contributed by atoms with Gasteiger partial charge >= 0.3 is 0 Å². The molecular formula is C17H11BrNO2-. The third kappa shape index (κ3) is 2.67. The maximum atomic E-state index is 11.4. The van der Waals surface area contributed by atoms with E-state index in [1.54, 1.807) is 6.07 Å². The Labute approximate surface area is 130 Å². The van der Waals surface area contributed by atoms with Gasteiger partial charge in [0.25, 0.3) is 0 Å². The Morgan fingerprint density at radius 2 is 1.81 bits per heavy atom. The van der Waals surface area contributed by atoms with Crippen LogP contribution in [0, 0.1) is 6.92 Å². The summed E-state index contributed by atoms with van der Waals surface area (Å²) in [5.74, 6) is -1.19. The van der Waals surface area contributed by atoms with Gasteiger partial charge in [-0.2, -0.15) is 0 Å². The van der Waals surface area contributed by atoms with Crippen LogP contribution in [-0.4, -0.2) is 11.0 Å². The fraction of sp³-hybridized carbons (Fsp3) is 0.0588. The van der Waals surface area contributed by atoms with Gasteiger partial charge in [0.05, 0.1) is 17.2 Å². The summed E-state index contributed by atoms with van der Waals surface area (Å²) in [7, 11) is 0. The summed E-state index contributed by atoms with van der Waals surface area (Å²) >= 11 is 3.38. The monoisotopic (exact) mass is 340 g/mol. The SMILES string of the molecule is Cc1ccc2nc(-c3ccc(Br)cc3)cc(C(=O)[O-])c2c1. The van der Waals surface area contributed by atoms with Crippen molar-refractivity contribution in [2.24, 2.45) is 0 Å². The van der Waals surface area contributed by atoms with Crippen LogP contribution in [0.15, 0.2) is 53.0 Å². The first-order valence-electron chi connectivity index (χ1n) is 6.43. The van der Waals surface area contributed by atoms with E-state index in [-0.39, 0.29) is 5.56 Å². The Balaban J connectivity index is 2.28. The Hall–Kier alpha value is -2.20. The largest absolute Gasteiger partial charge is 0.545 e. The number of nitrogens with zero attached hydrogens (tertiary/aromatic N) is 1. The van der Waals surface area contributed by atoms with Gasteiger partial charge in [0.15, 0.2) is 0 Å². The second kappa shape index (κ2) is 5.30. The van der Waals surface area contributed by atoms with Crippen LogP contribution < -0.4 is 5.11 Å². The van der Waals surface area contributed by atoms with Crippen LogP contribution >= 0.6 is 15.9 Å². The average molecular weight is 341 g/mol. The second-order valence-corrected chi connectivity index (χ2v) is 5.79. The predicted molar refractivity (Wildman–Crippen MR) is 83.9 cm³/mol. The van der Waals surface area contributed by atoms with E-state index >= 15 is 0 Å². The van der Waals surface area contributed by atoms with E-state index in [0.29, 0.717) is 16.6 Å². The first-order chi connectivity index (χ1) is 10.0. The van der Waals surface area contributed by atoms with Gasteiger partial charge in [-0.1, -0.05) is 39.7 Å². The maximum absolute atomic E-state index is 11.4. The van der Waals surface area contributed by atoms with Crippen molar-refractivity contribution in [2.75, 3.05) is 0 Å². The number of rotatable bonds is 2. The molecule has 0 amide bonds. The Morgan fingerprint density at radius 3 is 2.48 bits per heavy atom. The highest BCUT2D eigenvalue weighted by atomic mass is 79.9. The van der Waals surface area contributed by atoms with E-state index in [2.05, 4.69) is 20.9 Å². The highest BCUT2D eigenvalue weighted by Crippen LogP contribution is 2.26. The normalized spacial score (nSPS) is 10.8. The van der Waals surface area contributed by atoms with Crippen molar-refractivity contribution in [2.45, 2.75) is 6.92 Å². The summed E-state index contributed by atoms with van der Waals surface area (Å²) in [6.07, 6.45) is 0. The number of hydrogen-bond acceptors (Lipinski definition) is 3. The molecule has 1 aromatic heterocycles. The van der Waals surface area contributed by atoms with Crippen LogP contribution in [0.4, 0.5) is 0 Å². The number of hydrogen-bond donors (Lipinski definition) is 0. The van der Waals surface area contributed by atoms with E-state index in [9.17, 15) is 9.90 Å². The molecule has 0 radical (unpaired) electrons. The second-order valence-electron chi connectivity index (χ2n) is 4.87. The molecule has 4 heteroatoms. The zero-order valence-corrected chi connectivity index (χ0v) is 12.8. The zero-order chi connectivity index (χ0) is 15.0. The van der Waals surface area contributed by atoms with Gasteiger partial charge in [-0.25, -0.2) is 4.98 Å². The number of carbonyl (C=O) groups is 1. The van der Waals surface area contributed by atoms with Gasteiger partial charge in [-0.05, 0) is 37.3 Å². The number of carbonyl (C=O) groups excluding carboxylic acids is 1. The van der Waals surface area contributed by atoms with Crippen molar-refractivity contribution >= 4 is 32.8 Å². The number of fused-ring (bicyclic) bond motifs is 1. The van der Waals surface area contributed by atoms with Gasteiger partial charge in [0.2, 0.25) is 0 Å². The van der Waals surface area contributed by atoms with Crippen LogP contribution in [0.25, 0.3) is 22.2 Å². The number of pyridine rings is 1. The van der Waals surface area contributed by atoms with Crippen LogP contribution in [-0.2, 0) is 0 Å². The molecule has 0 unspecified atom stereocenters. The molecule has 0 aliphatic heterocycles. The number of carboxylic acid groups (broad SMARTS) is 1. The lowest BCUT2D eigenvalue weighted by Crippen LogP contribution is -2.22. The van der Waals surface area contributed by atoms with E-state index < -0.39 is 5.97 Å². The van der Waals surface area contributed by atoms with Crippen molar-refractivity contribution in [1.29, 1.82) is 0 Å². The quantitative estimate of drug-likeness (QED) is 0.718. The summed E-state index contributed by atoms with van der Waals surface area (Å²) < 4.78 is 0.961. The van der Waals surface area contributed by atoms with Gasteiger partial charge in [-0.3, -0.25) is 0 Å². The van der Waals surface area contributed by atoms with Crippen LogP contribution in [0.1, 0.15) is 15.9 Å². The topological polar surface area (TPSA) is 53.0 Å². The molecule has 3 nitrogen and oxygen atoms in total. The fourth-order valence-electron chi connectivity index (χ4n) is 2.28. The minimum atomic E-state index is -1.19. The molecule has 0 spiro atoms. The molecule has 0 fully saturated rings. The van der Waals surface area contributed by atoms with Crippen molar-refractivity contribution in [3.8, 4) is 11.3 Å². The lowest BCUT2D eigenvalue weighted by atomic mass is 10.0. The molecule has 0 saturated heterocycles. The molecule has 2 aromatic carbocycles. The molecule has 21 heavy (non-hydrogen) atoms. The predicted octanol–water partition coefficient (Wildman–Crippen LogP) is 3.34. The van der Waals surface area contributed by atoms with Crippen molar-refractivity contribution in [3.63, 3.8) is 0 Å². The number of aryl methyl sites for hydroxylation is 1. The van der Waals surface area contributed by atoms with Crippen LogP contribution in [0.5, 0.6) is 0 Å². The van der Waals surface area contributed by atoms with Crippen molar-refractivity contribution in [3.05, 3.63) is 64.1 Å². The van der Waals surface area contributed by atoms with Crippen LogP contribution in [0.2, 0.25) is 0 Å². The Morgan fingerprint density at radius 1 is 1.10 bits per heavy atom. The molecule has 0 N–H and O–H groups in total. The summed E-state index contributed by atoms with van der Waals surface area (Å²) in [6, 6.07) is 14.7. The molecule has 0 aliphatic rings. The number of halogens is 1. The van der Waals surface area contributed by atoms with Crippen LogP contribution in [0.3, 0.4) is 0 Å². The highest BCUT2D eigenvalue weighted by Gasteiger charge is 2.08. The van der Waals surface area contributed by atoms with Gasteiger partial charge < -0.3 is 9.90 Å². The zero-order valence-electron chi connectivity index (χ0n) is 11.3. The lowest BCUT2D eigenvalue weighted by molar-refractivity contribution is -0.254. The Kier molecular flexibility index (Phi) is 3.47. The first kappa shape index (κ1) is 13.8. The molecule has 3 rings (SSSR count). The van der Waals surface area contributed by atoms with E-state index in [0.717, 1.165) is 15.6 Å². The minimum Gasteiger partial charge on any atom is -0.545 e. The molecule has 1 heterocycles. The summed E-state index contributed by atoms with van der Waals surface area (Å²) in [5.41, 5.74) is 3.30. The van der Waals surface area contributed by atoms with Crippen molar-refractivity contribution in [1.82, 2.24) is 4.98 Å². The van der Waals surface area contributed by atoms with Gasteiger partial charge in [0, 0.05) is 21.0 Å². The lowest BCUT2D eigenvalue weighted by Gasteiger charge is -2.11. The van der Waals surface area contributed by atoms with E-state index in [1.807, 2.05) is 49.4 Å². The van der Waals surface area contributed by atoms with Crippen molar-refractivity contribution < 1.29 is 9.90 Å². The first-order valence-corrected chi connectivity index (χ1v) is 7.22. The molecule has 0 bridgehead atoms. The van der Waals surface area contributed by atoms with E-state index in [4.69, 9.17) is 0 Å². The van der Waals surface area contributed by atoms with Gasteiger partial charge in [0.1, 0.15) is 0 Å². The third-order valence-corrected chi connectivity index (χ3v) is 3.85. The number of benzene rings is 2. The summed E-state index contributed by atoms with van der Waals surface area (Å²) in [5, 5.41) is 12.0. The molecule has 104 valence electrons.